The number of carbonyl (C=O) groups is 1. The van der Waals surface area contributed by atoms with Gasteiger partial charge in [-0.15, -0.1) is 0 Å². The van der Waals surface area contributed by atoms with Crippen molar-refractivity contribution in [2.24, 2.45) is 11.8 Å². The molecule has 3 aliphatic heterocycles. The number of H-pyrrole nitrogens is 1. The Morgan fingerprint density at radius 3 is 3.18 bits per heavy atom. The zero-order valence-electron chi connectivity index (χ0n) is 16.0. The van der Waals surface area contributed by atoms with Crippen LogP contribution in [0.1, 0.15) is 29.0 Å². The van der Waals surface area contributed by atoms with E-state index in [1.165, 1.54) is 0 Å². The fourth-order valence-electron chi connectivity index (χ4n) is 5.10. The van der Waals surface area contributed by atoms with Crippen LogP contribution in [0.2, 0.25) is 0 Å². The molecule has 3 saturated heterocycles. The van der Waals surface area contributed by atoms with Gasteiger partial charge in [0.2, 0.25) is 11.8 Å². The number of ether oxygens (including phenoxy) is 2. The third-order valence-electron chi connectivity index (χ3n) is 6.44. The molecule has 2 aromatic rings. The maximum absolute atomic E-state index is 12.5. The number of hydrogen-bond acceptors (Lipinski definition) is 7. The van der Waals surface area contributed by atoms with Crippen molar-refractivity contribution in [2.45, 2.75) is 31.5 Å². The molecule has 0 aliphatic carbocycles. The Kier molecular flexibility index (Phi) is 4.01. The third kappa shape index (κ3) is 2.64. The Balaban J connectivity index is 1.30. The summed E-state index contributed by atoms with van der Waals surface area (Å²) in [7, 11) is 1.61. The van der Waals surface area contributed by atoms with Gasteiger partial charge in [-0.2, -0.15) is 4.98 Å². The van der Waals surface area contributed by atoms with Gasteiger partial charge in [-0.25, -0.2) is 9.97 Å². The Bertz CT molecular complexity index is 901. The molecule has 3 aliphatic rings. The molecule has 5 heterocycles. The normalized spacial score (nSPS) is 30.5. The van der Waals surface area contributed by atoms with Gasteiger partial charge in [0.05, 0.1) is 31.7 Å². The highest BCUT2D eigenvalue weighted by atomic mass is 16.5. The van der Waals surface area contributed by atoms with E-state index in [1.807, 2.05) is 6.92 Å². The minimum absolute atomic E-state index is 0.137. The molecule has 0 aromatic carbocycles. The molecular weight excluding hydrogens is 360 g/mol. The van der Waals surface area contributed by atoms with Crippen molar-refractivity contribution < 1.29 is 14.3 Å². The summed E-state index contributed by atoms with van der Waals surface area (Å²) in [5, 5.41) is 3.06. The first kappa shape index (κ1) is 17.4. The highest BCUT2D eigenvalue weighted by Crippen LogP contribution is 2.55. The number of nitrogens with one attached hydrogen (secondary N) is 2. The Morgan fingerprint density at radius 1 is 1.50 bits per heavy atom. The summed E-state index contributed by atoms with van der Waals surface area (Å²) in [5.41, 5.74) is 1.08. The Hall–Kier alpha value is -2.68. The average molecular weight is 384 g/mol. The van der Waals surface area contributed by atoms with E-state index in [2.05, 4.69) is 30.2 Å². The number of methoxy groups -OCH3 is 1. The van der Waals surface area contributed by atoms with Crippen LogP contribution >= 0.6 is 0 Å². The number of anilines is 1. The maximum atomic E-state index is 12.5. The zero-order chi connectivity index (χ0) is 19.3. The Morgan fingerprint density at radius 2 is 2.39 bits per heavy atom. The van der Waals surface area contributed by atoms with Crippen LogP contribution in [0.15, 0.2) is 18.6 Å². The van der Waals surface area contributed by atoms with E-state index in [1.54, 1.807) is 25.7 Å². The van der Waals surface area contributed by atoms with Crippen LogP contribution in [-0.4, -0.2) is 64.3 Å². The highest BCUT2D eigenvalue weighted by molar-refractivity contribution is 5.93. The first-order valence-electron chi connectivity index (χ1n) is 9.67. The number of rotatable bonds is 5. The van der Waals surface area contributed by atoms with Gasteiger partial charge in [0, 0.05) is 42.9 Å². The molecule has 1 amide bonds. The lowest BCUT2D eigenvalue weighted by atomic mass is 9.73. The molecule has 1 spiro atoms. The van der Waals surface area contributed by atoms with Crippen molar-refractivity contribution in [3.63, 3.8) is 0 Å². The largest absolute Gasteiger partial charge is 0.481 e. The van der Waals surface area contributed by atoms with Gasteiger partial charge >= 0.3 is 0 Å². The highest BCUT2D eigenvalue weighted by Gasteiger charge is 2.63. The van der Waals surface area contributed by atoms with E-state index >= 15 is 0 Å². The number of amides is 1. The number of nitrogens with zero attached hydrogens (tertiary/aromatic N) is 4. The molecule has 2 bridgehead atoms. The first-order valence-corrected chi connectivity index (χ1v) is 9.67. The molecular formula is C19H24N6O3. The van der Waals surface area contributed by atoms with E-state index in [-0.39, 0.29) is 23.5 Å². The predicted octanol–water partition coefficient (Wildman–Crippen LogP) is 0.931. The van der Waals surface area contributed by atoms with Crippen molar-refractivity contribution in [2.75, 3.05) is 31.6 Å². The topological polar surface area (TPSA) is 105 Å². The second kappa shape index (κ2) is 6.44. The molecule has 5 rings (SSSR count). The molecule has 28 heavy (non-hydrogen) atoms. The molecule has 0 saturated carbocycles. The lowest BCUT2D eigenvalue weighted by Gasteiger charge is -2.29. The van der Waals surface area contributed by atoms with E-state index in [4.69, 9.17) is 9.47 Å². The van der Waals surface area contributed by atoms with Crippen LogP contribution in [0.5, 0.6) is 5.88 Å². The van der Waals surface area contributed by atoms with Crippen molar-refractivity contribution in [3.8, 4) is 5.88 Å². The smallest absolute Gasteiger partial charge is 0.271 e. The lowest BCUT2D eigenvalue weighted by molar-refractivity contribution is 0.0141. The minimum atomic E-state index is -0.158. The molecule has 9 heteroatoms. The number of hydrogen-bond donors (Lipinski definition) is 2. The summed E-state index contributed by atoms with van der Waals surface area (Å²) in [6.45, 7) is 4.05. The van der Waals surface area contributed by atoms with E-state index in [9.17, 15) is 4.79 Å². The predicted molar refractivity (Wildman–Crippen MR) is 100 cm³/mol. The third-order valence-corrected chi connectivity index (χ3v) is 6.44. The number of aryl methyl sites for hydroxylation is 1. The summed E-state index contributed by atoms with van der Waals surface area (Å²) >= 11 is 0. The van der Waals surface area contributed by atoms with Crippen molar-refractivity contribution in [1.29, 1.82) is 0 Å². The fraction of sp³-hybridized carbons (Fsp3) is 0.579. The quantitative estimate of drug-likeness (QED) is 0.790. The summed E-state index contributed by atoms with van der Waals surface area (Å²) < 4.78 is 11.7. The molecule has 3 fully saturated rings. The summed E-state index contributed by atoms with van der Waals surface area (Å²) in [5.74, 6) is 1.73. The monoisotopic (exact) mass is 384 g/mol. The summed E-state index contributed by atoms with van der Waals surface area (Å²) in [6.07, 6.45) is 5.55. The number of fused-ring (bicyclic) bond motifs is 1. The zero-order valence-corrected chi connectivity index (χ0v) is 16.0. The second-order valence-electron chi connectivity index (χ2n) is 7.90. The SMILES string of the molecule is COc1ccnc(N2C[C@@H]3[C@H](CNC(=O)c4nc[nH]c4C)[C@H]4CC[C@]3(C2)O4)n1. The van der Waals surface area contributed by atoms with E-state index in [0.717, 1.165) is 31.6 Å². The molecule has 2 N–H and O–H groups in total. The van der Waals surface area contributed by atoms with Gasteiger partial charge in [0.25, 0.3) is 5.91 Å². The molecule has 0 unspecified atom stereocenters. The number of aromatic amines is 1. The average Bonchev–Trinajstić information content (AvgIpc) is 3.46. The minimum Gasteiger partial charge on any atom is -0.481 e. The van der Waals surface area contributed by atoms with Crippen LogP contribution in [0.4, 0.5) is 5.95 Å². The first-order chi connectivity index (χ1) is 13.6. The van der Waals surface area contributed by atoms with Crippen LogP contribution in [0.3, 0.4) is 0 Å². The molecule has 4 atom stereocenters. The standard InChI is InChI=1S/C19H24N6O3/c1-11-16(23-10-22-11)17(26)21-7-12-13-8-25(9-19(13)5-3-14(12)28-19)18-20-6-4-15(24-18)27-2/h4,6,10,12-14H,3,5,7-9H2,1-2H3,(H,21,26)(H,22,23)/t12-,13+,14+,19+/m0/s1. The van der Waals surface area contributed by atoms with Gasteiger partial charge in [0.1, 0.15) is 5.69 Å². The van der Waals surface area contributed by atoms with Crippen LogP contribution in [0, 0.1) is 18.8 Å². The van der Waals surface area contributed by atoms with Gasteiger partial charge in [0.15, 0.2) is 0 Å². The summed E-state index contributed by atoms with van der Waals surface area (Å²) in [6, 6.07) is 1.75. The molecule has 0 radical (unpaired) electrons. The van der Waals surface area contributed by atoms with Gasteiger partial charge in [-0.05, 0) is 19.8 Å². The fourth-order valence-corrected chi connectivity index (χ4v) is 5.10. The number of aromatic nitrogens is 4. The Labute approximate surface area is 162 Å². The summed E-state index contributed by atoms with van der Waals surface area (Å²) in [4.78, 5) is 30.6. The maximum Gasteiger partial charge on any atom is 0.271 e. The molecule has 2 aromatic heterocycles. The molecule has 9 nitrogen and oxygen atoms in total. The van der Waals surface area contributed by atoms with E-state index in [0.29, 0.717) is 30.0 Å². The second-order valence-corrected chi connectivity index (χ2v) is 7.90. The van der Waals surface area contributed by atoms with Crippen LogP contribution in [0.25, 0.3) is 0 Å². The lowest BCUT2D eigenvalue weighted by Crippen LogP contribution is -2.42. The molecule has 148 valence electrons. The van der Waals surface area contributed by atoms with Crippen LogP contribution in [-0.2, 0) is 4.74 Å². The number of imidazole rings is 1. The van der Waals surface area contributed by atoms with Gasteiger partial charge in [-0.1, -0.05) is 0 Å². The van der Waals surface area contributed by atoms with Crippen molar-refractivity contribution >= 4 is 11.9 Å². The van der Waals surface area contributed by atoms with Crippen molar-refractivity contribution in [1.82, 2.24) is 25.3 Å². The van der Waals surface area contributed by atoms with Gasteiger partial charge in [-0.3, -0.25) is 4.79 Å². The van der Waals surface area contributed by atoms with Gasteiger partial charge < -0.3 is 24.7 Å². The number of carbonyl (C=O) groups excluding carboxylic acids is 1. The van der Waals surface area contributed by atoms with E-state index < -0.39 is 0 Å². The van der Waals surface area contributed by atoms with Crippen molar-refractivity contribution in [3.05, 3.63) is 30.0 Å². The van der Waals surface area contributed by atoms with Crippen LogP contribution < -0.4 is 15.0 Å².